The molecule has 0 saturated carbocycles. The summed E-state index contributed by atoms with van der Waals surface area (Å²) < 4.78 is 11.5. The zero-order valence-corrected chi connectivity index (χ0v) is 21.1. The van der Waals surface area contributed by atoms with Crippen molar-refractivity contribution in [1.29, 1.82) is 0 Å². The Bertz CT molecular complexity index is 1460. The molecule has 0 bridgehead atoms. The Hall–Kier alpha value is -4.65. The predicted molar refractivity (Wildman–Crippen MR) is 146 cm³/mol. The third kappa shape index (κ3) is 6.73. The Morgan fingerprint density at radius 2 is 1.68 bits per heavy atom. The van der Waals surface area contributed by atoms with Crippen molar-refractivity contribution in [2.75, 3.05) is 12.4 Å². The number of nitrogens with zero attached hydrogens (tertiary/aromatic N) is 1. The summed E-state index contributed by atoms with van der Waals surface area (Å²) in [7, 11) is 1.57. The van der Waals surface area contributed by atoms with Crippen LogP contribution in [0.4, 0.5) is 5.69 Å². The molecule has 0 unspecified atom stereocenters. The third-order valence-electron chi connectivity index (χ3n) is 5.97. The van der Waals surface area contributed by atoms with Gasteiger partial charge in [0.25, 0.3) is 0 Å². The van der Waals surface area contributed by atoms with Crippen molar-refractivity contribution in [1.82, 2.24) is 5.43 Å². The van der Waals surface area contributed by atoms with Gasteiger partial charge in [-0.3, -0.25) is 9.59 Å². The molecule has 7 nitrogen and oxygen atoms in total. The van der Waals surface area contributed by atoms with Crippen LogP contribution in [0.5, 0.6) is 11.5 Å². The van der Waals surface area contributed by atoms with Crippen LogP contribution in [-0.2, 0) is 16.2 Å². The fraction of sp³-hybridized carbons (Fsp3) is 0.167. The monoisotopic (exact) mass is 495 g/mol. The average molecular weight is 496 g/mol. The van der Waals surface area contributed by atoms with Crippen LogP contribution in [0.3, 0.4) is 0 Å². The zero-order chi connectivity index (χ0) is 26.2. The number of carbonyl (C=O) groups is 2. The molecule has 4 rings (SSSR count). The average Bonchev–Trinajstić information content (AvgIpc) is 2.89. The fourth-order valence-electron chi connectivity index (χ4n) is 3.85. The normalized spacial score (nSPS) is 10.9. The Kier molecular flexibility index (Phi) is 8.15. The molecule has 0 spiro atoms. The van der Waals surface area contributed by atoms with Gasteiger partial charge < -0.3 is 14.8 Å². The lowest BCUT2D eigenvalue weighted by Gasteiger charge is -2.12. The van der Waals surface area contributed by atoms with Crippen LogP contribution in [0.1, 0.15) is 28.7 Å². The Balaban J connectivity index is 1.32. The number of hydrogen-bond donors (Lipinski definition) is 2. The van der Waals surface area contributed by atoms with Gasteiger partial charge in [-0.1, -0.05) is 48.5 Å². The summed E-state index contributed by atoms with van der Waals surface area (Å²) in [5, 5.41) is 8.98. The number of anilines is 1. The van der Waals surface area contributed by atoms with Crippen LogP contribution in [0.2, 0.25) is 0 Å². The summed E-state index contributed by atoms with van der Waals surface area (Å²) in [5.41, 5.74) is 7.01. The summed E-state index contributed by atoms with van der Waals surface area (Å²) in [6.45, 7) is 4.35. The molecule has 0 heterocycles. The lowest BCUT2D eigenvalue weighted by molar-refractivity contribution is -0.126. The summed E-state index contributed by atoms with van der Waals surface area (Å²) >= 11 is 0. The molecule has 2 N–H and O–H groups in total. The van der Waals surface area contributed by atoms with Crippen molar-refractivity contribution < 1.29 is 19.1 Å². The molecule has 37 heavy (non-hydrogen) atoms. The van der Waals surface area contributed by atoms with E-state index in [-0.39, 0.29) is 6.42 Å². The Morgan fingerprint density at radius 1 is 0.865 bits per heavy atom. The van der Waals surface area contributed by atoms with Crippen molar-refractivity contribution in [3.63, 3.8) is 0 Å². The first kappa shape index (κ1) is 25.4. The largest absolute Gasteiger partial charge is 0.493 e. The van der Waals surface area contributed by atoms with Crippen LogP contribution in [-0.4, -0.2) is 25.1 Å². The van der Waals surface area contributed by atoms with Gasteiger partial charge >= 0.3 is 0 Å². The number of amides is 2. The van der Waals surface area contributed by atoms with Gasteiger partial charge in [0, 0.05) is 5.69 Å². The van der Waals surface area contributed by atoms with Crippen LogP contribution in [0.25, 0.3) is 10.8 Å². The smallest absolute Gasteiger partial charge is 0.249 e. The molecule has 0 radical (unpaired) electrons. The summed E-state index contributed by atoms with van der Waals surface area (Å²) in [4.78, 5) is 24.3. The summed E-state index contributed by atoms with van der Waals surface area (Å²) in [5.74, 6) is 0.216. The van der Waals surface area contributed by atoms with Gasteiger partial charge in [-0.25, -0.2) is 5.43 Å². The highest BCUT2D eigenvalue weighted by Crippen LogP contribution is 2.29. The van der Waals surface area contributed by atoms with E-state index in [0.29, 0.717) is 29.4 Å². The van der Waals surface area contributed by atoms with Gasteiger partial charge in [-0.05, 0) is 77.2 Å². The van der Waals surface area contributed by atoms with E-state index in [1.54, 1.807) is 25.3 Å². The molecule has 0 fully saturated rings. The first-order valence-electron chi connectivity index (χ1n) is 11.9. The number of rotatable bonds is 9. The standard InChI is InChI=1S/C30H29N3O4/c1-20-11-13-25(15-21(20)2)32-29(34)17-30(35)33-31-18-22-12-14-27(28(16-22)36-3)37-19-24-9-6-8-23-7-4-5-10-26(23)24/h4-16,18H,17,19H2,1-3H3,(H,32,34)(H,33,35). The van der Waals surface area contributed by atoms with E-state index in [1.807, 2.05) is 56.3 Å². The minimum atomic E-state index is -0.514. The molecular weight excluding hydrogens is 466 g/mol. The quantitative estimate of drug-likeness (QED) is 0.182. The molecule has 4 aromatic carbocycles. The molecule has 0 aliphatic heterocycles. The van der Waals surface area contributed by atoms with E-state index in [9.17, 15) is 9.59 Å². The number of carbonyl (C=O) groups excluding carboxylic acids is 2. The first-order chi connectivity index (χ1) is 17.9. The predicted octanol–water partition coefficient (Wildman–Crippen LogP) is 5.52. The number of fused-ring (bicyclic) bond motifs is 1. The fourth-order valence-corrected chi connectivity index (χ4v) is 3.85. The van der Waals surface area contributed by atoms with Crippen LogP contribution in [0, 0.1) is 13.8 Å². The highest BCUT2D eigenvalue weighted by Gasteiger charge is 2.10. The van der Waals surface area contributed by atoms with E-state index in [1.165, 1.54) is 6.21 Å². The number of benzene rings is 4. The van der Waals surface area contributed by atoms with Gasteiger partial charge in [0.15, 0.2) is 11.5 Å². The molecule has 7 heteroatoms. The second-order valence-electron chi connectivity index (χ2n) is 8.65. The number of ether oxygens (including phenoxy) is 2. The molecule has 0 atom stereocenters. The minimum Gasteiger partial charge on any atom is -0.493 e. The zero-order valence-electron chi connectivity index (χ0n) is 21.1. The van der Waals surface area contributed by atoms with E-state index >= 15 is 0 Å². The topological polar surface area (TPSA) is 89.0 Å². The first-order valence-corrected chi connectivity index (χ1v) is 11.9. The van der Waals surface area contributed by atoms with Gasteiger partial charge in [0.05, 0.1) is 13.3 Å². The second kappa shape index (κ2) is 11.9. The van der Waals surface area contributed by atoms with Gasteiger partial charge in [0.1, 0.15) is 13.0 Å². The number of aryl methyl sites for hydroxylation is 2. The molecule has 188 valence electrons. The number of nitrogens with one attached hydrogen (secondary N) is 2. The van der Waals surface area contributed by atoms with E-state index in [4.69, 9.17) is 9.47 Å². The van der Waals surface area contributed by atoms with Crippen molar-refractivity contribution in [3.05, 3.63) is 101 Å². The van der Waals surface area contributed by atoms with Crippen molar-refractivity contribution in [2.45, 2.75) is 26.9 Å². The molecular formula is C30H29N3O4. The lowest BCUT2D eigenvalue weighted by atomic mass is 10.1. The Morgan fingerprint density at radius 3 is 2.49 bits per heavy atom. The molecule has 0 aliphatic carbocycles. The van der Waals surface area contributed by atoms with Gasteiger partial charge in [-0.15, -0.1) is 0 Å². The van der Waals surface area contributed by atoms with Crippen molar-refractivity contribution in [2.24, 2.45) is 5.10 Å². The maximum atomic E-state index is 12.2. The van der Waals surface area contributed by atoms with Gasteiger partial charge in [0.2, 0.25) is 11.8 Å². The molecule has 4 aromatic rings. The Labute approximate surface area is 216 Å². The molecule has 0 aliphatic rings. The van der Waals surface area contributed by atoms with Crippen LogP contribution >= 0.6 is 0 Å². The van der Waals surface area contributed by atoms with Crippen LogP contribution < -0.4 is 20.2 Å². The van der Waals surface area contributed by atoms with E-state index < -0.39 is 11.8 Å². The minimum absolute atomic E-state index is 0.339. The van der Waals surface area contributed by atoms with E-state index in [0.717, 1.165) is 27.5 Å². The van der Waals surface area contributed by atoms with E-state index in [2.05, 4.69) is 34.0 Å². The molecule has 0 aromatic heterocycles. The maximum Gasteiger partial charge on any atom is 0.249 e. The second-order valence-corrected chi connectivity index (χ2v) is 8.65. The maximum absolute atomic E-state index is 12.2. The summed E-state index contributed by atoms with van der Waals surface area (Å²) in [6.07, 6.45) is 1.14. The lowest BCUT2D eigenvalue weighted by Crippen LogP contribution is -2.24. The molecule has 2 amide bonds. The van der Waals surface area contributed by atoms with Crippen molar-refractivity contribution >= 4 is 34.5 Å². The van der Waals surface area contributed by atoms with Crippen LogP contribution in [0.15, 0.2) is 84.0 Å². The number of hydrogen-bond acceptors (Lipinski definition) is 5. The molecule has 0 saturated heterocycles. The number of methoxy groups -OCH3 is 1. The third-order valence-corrected chi connectivity index (χ3v) is 5.97. The number of hydrazone groups is 1. The highest BCUT2D eigenvalue weighted by molar-refractivity contribution is 6.03. The van der Waals surface area contributed by atoms with Gasteiger partial charge in [-0.2, -0.15) is 5.10 Å². The summed E-state index contributed by atoms with van der Waals surface area (Å²) in [6, 6.07) is 25.3. The highest BCUT2D eigenvalue weighted by atomic mass is 16.5. The SMILES string of the molecule is COc1cc(C=NNC(=O)CC(=O)Nc2ccc(C)c(C)c2)ccc1OCc1cccc2ccccc12. The van der Waals surface area contributed by atoms with Crippen molar-refractivity contribution in [3.8, 4) is 11.5 Å².